The van der Waals surface area contributed by atoms with Gasteiger partial charge in [-0.15, -0.1) is 0 Å². The molecule has 1 atom stereocenters. The molecule has 0 saturated carbocycles. The van der Waals surface area contributed by atoms with Gasteiger partial charge in [0.25, 0.3) is 0 Å². The summed E-state index contributed by atoms with van der Waals surface area (Å²) >= 11 is 0. The minimum absolute atomic E-state index is 0.0815. The van der Waals surface area contributed by atoms with Crippen LogP contribution in [-0.4, -0.2) is 42.3 Å². The van der Waals surface area contributed by atoms with Gasteiger partial charge in [0.05, 0.1) is 18.3 Å². The summed E-state index contributed by atoms with van der Waals surface area (Å²) in [7, 11) is 0. The van der Waals surface area contributed by atoms with Crippen molar-refractivity contribution in [3.8, 4) is 0 Å². The molecule has 1 aromatic rings. The largest absolute Gasteiger partial charge is 0.356 e. The summed E-state index contributed by atoms with van der Waals surface area (Å²) in [4.78, 5) is 19.3. The molecule has 0 radical (unpaired) electrons. The second kappa shape index (κ2) is 17.5. The van der Waals surface area contributed by atoms with Crippen LogP contribution in [0.4, 0.5) is 4.39 Å². The molecule has 1 aromatic carbocycles. The molecular weight excluding hydrogens is 437 g/mol. The minimum Gasteiger partial charge on any atom is -0.356 e. The van der Waals surface area contributed by atoms with Gasteiger partial charge >= 0.3 is 0 Å². The predicted molar refractivity (Wildman–Crippen MR) is 148 cm³/mol. The van der Waals surface area contributed by atoms with E-state index < -0.39 is 0 Å². The smallest absolute Gasteiger partial charge is 0.224 e. The summed E-state index contributed by atoms with van der Waals surface area (Å²) in [5, 5.41) is 2.90. The molecule has 35 heavy (non-hydrogen) atoms. The molecule has 0 bridgehead atoms. The lowest BCUT2D eigenvalue weighted by molar-refractivity contribution is -0.120. The van der Waals surface area contributed by atoms with Crippen LogP contribution in [0.1, 0.15) is 65.9 Å². The maximum absolute atomic E-state index is 13.7. The molecule has 1 amide bonds. The van der Waals surface area contributed by atoms with Crippen molar-refractivity contribution in [2.45, 2.75) is 72.8 Å². The zero-order valence-corrected chi connectivity index (χ0v) is 22.3. The SMILES string of the molecule is C=C/C=C(\C=C/C)CN(CCCCCCNC(=O)Cc1ccccc1F)C(C)=NC(C)/C(C)=C/C. The van der Waals surface area contributed by atoms with Gasteiger partial charge in [0.15, 0.2) is 0 Å². The van der Waals surface area contributed by atoms with E-state index in [1.54, 1.807) is 18.2 Å². The number of hydrogen-bond donors (Lipinski definition) is 1. The fraction of sp³-hybridized carbons (Fsp3) is 0.467. The number of nitrogens with one attached hydrogen (secondary N) is 1. The topological polar surface area (TPSA) is 44.7 Å². The predicted octanol–water partition coefficient (Wildman–Crippen LogP) is 6.81. The molecule has 1 unspecified atom stereocenters. The van der Waals surface area contributed by atoms with Gasteiger partial charge in [-0.25, -0.2) is 4.39 Å². The molecule has 0 heterocycles. The Bertz CT molecular complexity index is 914. The first-order valence-corrected chi connectivity index (χ1v) is 12.7. The fourth-order valence-corrected chi connectivity index (χ4v) is 3.69. The number of nitrogens with zero attached hydrogens (tertiary/aromatic N) is 2. The minimum atomic E-state index is -0.332. The number of benzene rings is 1. The normalized spacial score (nSPS) is 13.7. The van der Waals surface area contributed by atoms with Gasteiger partial charge in [0.1, 0.15) is 5.82 Å². The first-order valence-electron chi connectivity index (χ1n) is 12.7. The summed E-state index contributed by atoms with van der Waals surface area (Å²) in [6.07, 6.45) is 14.3. The van der Waals surface area contributed by atoms with Crippen molar-refractivity contribution in [1.29, 1.82) is 0 Å². The van der Waals surface area contributed by atoms with Gasteiger partial charge in [0, 0.05) is 19.6 Å². The highest BCUT2D eigenvalue weighted by atomic mass is 19.1. The molecule has 0 spiro atoms. The van der Waals surface area contributed by atoms with E-state index in [1.165, 1.54) is 17.2 Å². The Balaban J connectivity index is 2.53. The molecular formula is C30H44FN3O. The summed E-state index contributed by atoms with van der Waals surface area (Å²) in [5.74, 6) is 0.574. The fourth-order valence-electron chi connectivity index (χ4n) is 3.69. The number of hydrogen-bond acceptors (Lipinski definition) is 2. The summed E-state index contributed by atoms with van der Waals surface area (Å²) in [6.45, 7) is 16.6. The molecule has 0 fully saturated rings. The molecule has 192 valence electrons. The Morgan fingerprint density at radius 1 is 1.17 bits per heavy atom. The van der Waals surface area contributed by atoms with Crippen LogP contribution in [0.5, 0.6) is 0 Å². The Morgan fingerprint density at radius 2 is 1.89 bits per heavy atom. The van der Waals surface area contributed by atoms with Crippen LogP contribution in [0.3, 0.4) is 0 Å². The highest BCUT2D eigenvalue weighted by Crippen LogP contribution is 2.11. The zero-order chi connectivity index (χ0) is 26.1. The molecule has 5 heteroatoms. The first-order chi connectivity index (χ1) is 16.8. The Kier molecular flexibility index (Phi) is 15.0. The third kappa shape index (κ3) is 12.4. The van der Waals surface area contributed by atoms with Crippen molar-refractivity contribution in [2.24, 2.45) is 4.99 Å². The monoisotopic (exact) mass is 481 g/mol. The lowest BCUT2D eigenvalue weighted by atomic mass is 10.1. The van der Waals surface area contributed by atoms with Crippen molar-refractivity contribution in [2.75, 3.05) is 19.6 Å². The van der Waals surface area contributed by atoms with Crippen molar-refractivity contribution < 1.29 is 9.18 Å². The Hall–Kier alpha value is -2.95. The third-order valence-corrected chi connectivity index (χ3v) is 6.02. The highest BCUT2D eigenvalue weighted by Gasteiger charge is 2.11. The van der Waals surface area contributed by atoms with E-state index >= 15 is 0 Å². The maximum atomic E-state index is 13.7. The second-order valence-corrected chi connectivity index (χ2v) is 8.82. The first kappa shape index (κ1) is 30.1. The van der Waals surface area contributed by atoms with Gasteiger partial charge in [0.2, 0.25) is 5.91 Å². The Labute approximate surface area is 212 Å². The summed E-state index contributed by atoms with van der Waals surface area (Å²) < 4.78 is 13.7. The van der Waals surface area contributed by atoms with Crippen LogP contribution in [0.15, 0.2) is 77.4 Å². The molecule has 0 aliphatic rings. The molecule has 1 rings (SSSR count). The highest BCUT2D eigenvalue weighted by molar-refractivity contribution is 5.80. The lowest BCUT2D eigenvalue weighted by Crippen LogP contribution is -2.32. The second-order valence-electron chi connectivity index (χ2n) is 8.82. The average molecular weight is 482 g/mol. The van der Waals surface area contributed by atoms with Crippen LogP contribution >= 0.6 is 0 Å². The third-order valence-electron chi connectivity index (χ3n) is 6.02. The van der Waals surface area contributed by atoms with Crippen LogP contribution in [0.2, 0.25) is 0 Å². The summed E-state index contributed by atoms with van der Waals surface area (Å²) in [6, 6.07) is 6.57. The van der Waals surface area contributed by atoms with E-state index in [2.05, 4.69) is 49.7 Å². The number of aliphatic imine (C=N–C) groups is 1. The molecule has 0 aliphatic heterocycles. The molecule has 0 aromatic heterocycles. The standard InChI is InChI=1S/C30H44FN3O/c1-7-16-27(17-8-2)23-34(26(6)33-25(5)24(4)9-3)21-15-11-10-14-20-32-30(35)22-28-18-12-13-19-29(28)31/h7-9,12-13,16-19,25H,1,10-11,14-15,20-23H2,2-6H3,(H,32,35)/b17-8-,24-9+,27-16+,33-26?. The van der Waals surface area contributed by atoms with Crippen molar-refractivity contribution in [1.82, 2.24) is 10.2 Å². The van der Waals surface area contributed by atoms with Crippen LogP contribution in [0.25, 0.3) is 0 Å². The van der Waals surface area contributed by atoms with Gasteiger partial charge in [-0.05, 0) is 64.7 Å². The number of carbonyl (C=O) groups excluding carboxylic acids is 1. The van der Waals surface area contributed by atoms with E-state index in [9.17, 15) is 9.18 Å². The number of rotatable bonds is 15. The maximum Gasteiger partial charge on any atom is 0.224 e. The van der Waals surface area contributed by atoms with Gasteiger partial charge in [-0.1, -0.05) is 73.6 Å². The van der Waals surface area contributed by atoms with Crippen LogP contribution in [0, 0.1) is 5.82 Å². The molecule has 0 saturated heterocycles. The summed E-state index contributed by atoms with van der Waals surface area (Å²) in [5.41, 5.74) is 2.89. The van der Waals surface area contributed by atoms with Gasteiger partial charge < -0.3 is 10.2 Å². The zero-order valence-electron chi connectivity index (χ0n) is 22.3. The van der Waals surface area contributed by atoms with Gasteiger partial charge in [-0.3, -0.25) is 9.79 Å². The number of amidine groups is 1. The van der Waals surface area contributed by atoms with Crippen molar-refractivity contribution >= 4 is 11.7 Å². The molecule has 4 nitrogen and oxygen atoms in total. The average Bonchev–Trinajstić information content (AvgIpc) is 2.83. The van der Waals surface area contributed by atoms with Crippen molar-refractivity contribution in [3.05, 3.63) is 83.8 Å². The Morgan fingerprint density at radius 3 is 2.54 bits per heavy atom. The van der Waals surface area contributed by atoms with E-state index in [1.807, 2.05) is 32.1 Å². The number of allylic oxidation sites excluding steroid dienone is 4. The lowest BCUT2D eigenvalue weighted by Gasteiger charge is -2.26. The quantitative estimate of drug-likeness (QED) is 0.0983. The van der Waals surface area contributed by atoms with Crippen LogP contribution < -0.4 is 5.32 Å². The number of unbranched alkanes of at least 4 members (excludes halogenated alkanes) is 3. The van der Waals surface area contributed by atoms with Gasteiger partial charge in [-0.2, -0.15) is 0 Å². The van der Waals surface area contributed by atoms with E-state index in [0.29, 0.717) is 12.1 Å². The van der Waals surface area contributed by atoms with E-state index in [0.717, 1.165) is 44.6 Å². The van der Waals surface area contributed by atoms with Crippen LogP contribution in [-0.2, 0) is 11.2 Å². The number of halogens is 1. The molecule has 1 N–H and O–H groups in total. The van der Waals surface area contributed by atoms with E-state index in [4.69, 9.17) is 4.99 Å². The molecule has 0 aliphatic carbocycles. The van der Waals surface area contributed by atoms with Crippen molar-refractivity contribution in [3.63, 3.8) is 0 Å². The van der Waals surface area contributed by atoms with E-state index in [-0.39, 0.29) is 24.2 Å². The number of amides is 1. The number of carbonyl (C=O) groups is 1.